The van der Waals surface area contributed by atoms with Crippen molar-refractivity contribution < 1.29 is 14.7 Å². The quantitative estimate of drug-likeness (QED) is 0.256. The summed E-state index contributed by atoms with van der Waals surface area (Å²) in [7, 11) is 1.43. The smallest absolute Gasteiger partial charge is 0.347 e. The van der Waals surface area contributed by atoms with E-state index in [4.69, 9.17) is 0 Å². The highest BCUT2D eigenvalue weighted by molar-refractivity contribution is 6.12. The molecule has 7 rings (SSSR count). The van der Waals surface area contributed by atoms with Gasteiger partial charge in [0.2, 0.25) is 0 Å². The van der Waals surface area contributed by atoms with Gasteiger partial charge >= 0.3 is 11.4 Å². The number of anilines is 1. The number of hydrogen-bond donors (Lipinski definition) is 2. The number of amides is 2. The summed E-state index contributed by atoms with van der Waals surface area (Å²) in [4.78, 5) is 56.2. The molecule has 3 heterocycles. The van der Waals surface area contributed by atoms with Gasteiger partial charge in [0, 0.05) is 18.5 Å². The van der Waals surface area contributed by atoms with Crippen LogP contribution in [-0.2, 0) is 35.0 Å². The Hall–Kier alpha value is -5.38. The summed E-state index contributed by atoms with van der Waals surface area (Å²) in [6, 6.07) is 21.3. The zero-order chi connectivity index (χ0) is 31.6. The minimum Gasteiger partial charge on any atom is -0.507 e. The summed E-state index contributed by atoms with van der Waals surface area (Å²) in [6.45, 7) is 5.89. The molecular formula is C35H33N5O5. The highest BCUT2D eigenvalue weighted by Gasteiger charge is 2.69. The van der Waals surface area contributed by atoms with Crippen molar-refractivity contribution >= 4 is 17.5 Å². The predicted octanol–water partition coefficient (Wildman–Crippen LogP) is 3.71. The summed E-state index contributed by atoms with van der Waals surface area (Å²) >= 11 is 0. The molecule has 45 heavy (non-hydrogen) atoms. The third-order valence-corrected chi connectivity index (χ3v) is 9.67. The molecule has 0 spiro atoms. The predicted molar refractivity (Wildman–Crippen MR) is 169 cm³/mol. The number of rotatable bonds is 6. The van der Waals surface area contributed by atoms with Gasteiger partial charge in [0.1, 0.15) is 5.75 Å². The van der Waals surface area contributed by atoms with Crippen LogP contribution in [0.25, 0.3) is 0 Å². The highest BCUT2D eigenvalue weighted by atomic mass is 16.3. The van der Waals surface area contributed by atoms with Crippen LogP contribution in [0.1, 0.15) is 40.6 Å². The average Bonchev–Trinajstić information content (AvgIpc) is 3.40. The molecule has 0 unspecified atom stereocenters. The van der Waals surface area contributed by atoms with E-state index in [0.29, 0.717) is 34.4 Å². The first kappa shape index (κ1) is 28.4. The Kier molecular flexibility index (Phi) is 6.54. The molecule has 1 aromatic heterocycles. The van der Waals surface area contributed by atoms with Crippen molar-refractivity contribution in [3.05, 3.63) is 140 Å². The molecule has 0 radical (unpaired) electrons. The van der Waals surface area contributed by atoms with Gasteiger partial charge in [-0.1, -0.05) is 78.4 Å². The molecule has 4 atom stereocenters. The SMILES string of the molecule is C=CCc1cccc([C@H]2C3=CCn4c(=O)n(C)c(=O)n4[C@@H]3C[C@H]3C(=O)N(Nc4ccc(C)cc4)C(=O)[C@@]23c2ccccc2)c1O. The molecule has 1 saturated carbocycles. The average molecular weight is 604 g/mol. The number of hydrogen-bond acceptors (Lipinski definition) is 6. The summed E-state index contributed by atoms with van der Waals surface area (Å²) in [5.74, 6) is -2.67. The van der Waals surface area contributed by atoms with Gasteiger partial charge in [0.15, 0.2) is 0 Å². The number of para-hydroxylation sites is 1. The van der Waals surface area contributed by atoms with E-state index in [9.17, 15) is 19.5 Å². The van der Waals surface area contributed by atoms with Crippen molar-refractivity contribution in [2.45, 2.75) is 43.7 Å². The van der Waals surface area contributed by atoms with Gasteiger partial charge in [0.05, 0.1) is 29.6 Å². The van der Waals surface area contributed by atoms with E-state index >= 15 is 4.79 Å². The third-order valence-electron chi connectivity index (χ3n) is 9.67. The molecule has 1 saturated heterocycles. The van der Waals surface area contributed by atoms with Gasteiger partial charge in [-0.2, -0.15) is 5.01 Å². The number of carbonyl (C=O) groups excluding carboxylic acids is 2. The summed E-state index contributed by atoms with van der Waals surface area (Å²) < 4.78 is 3.85. The van der Waals surface area contributed by atoms with E-state index in [1.54, 1.807) is 30.3 Å². The maximum absolute atomic E-state index is 15.1. The monoisotopic (exact) mass is 603 g/mol. The molecule has 1 aliphatic carbocycles. The Morgan fingerprint density at radius 2 is 1.71 bits per heavy atom. The number of aromatic nitrogens is 3. The Labute approximate surface area is 259 Å². The fraction of sp³-hybridized carbons (Fsp3) is 0.257. The normalized spacial score (nSPS) is 23.6. The summed E-state index contributed by atoms with van der Waals surface area (Å²) in [5.41, 5.74) is 4.67. The maximum Gasteiger partial charge on any atom is 0.347 e. The van der Waals surface area contributed by atoms with Gasteiger partial charge < -0.3 is 5.11 Å². The van der Waals surface area contributed by atoms with Gasteiger partial charge in [-0.15, -0.1) is 6.58 Å². The molecule has 2 N–H and O–H groups in total. The number of phenols is 1. The zero-order valence-electron chi connectivity index (χ0n) is 25.0. The van der Waals surface area contributed by atoms with E-state index < -0.39 is 46.5 Å². The van der Waals surface area contributed by atoms with E-state index in [0.717, 1.165) is 15.1 Å². The van der Waals surface area contributed by atoms with Crippen LogP contribution in [0.2, 0.25) is 0 Å². The number of hydrazine groups is 1. The topological polar surface area (TPSA) is 119 Å². The number of allylic oxidation sites excluding steroid dienone is 3. The first-order valence-corrected chi connectivity index (χ1v) is 15.0. The summed E-state index contributed by atoms with van der Waals surface area (Å²) in [5, 5.41) is 12.9. The number of nitrogens with one attached hydrogen (secondary N) is 1. The van der Waals surface area contributed by atoms with E-state index in [2.05, 4.69) is 12.0 Å². The molecule has 2 amide bonds. The van der Waals surface area contributed by atoms with Gasteiger partial charge in [-0.25, -0.2) is 23.5 Å². The molecule has 2 aliphatic heterocycles. The standard InChI is InChI=1S/C35H33N5O5/c1-4-9-22-10-8-13-26(30(22)41)29-25-18-19-38-33(44)37(3)34(45)40(38)28(25)20-27-31(42)39(36-24-16-14-21(2)15-17-24)32(43)35(27,29)23-11-6-5-7-12-23/h4-8,10-18,27-29,36,41H,1,9,19-20H2,2-3H3/t27-,28+,29+,35+/m0/s1. The van der Waals surface area contributed by atoms with Crippen molar-refractivity contribution in [2.24, 2.45) is 13.0 Å². The Morgan fingerprint density at radius 3 is 2.42 bits per heavy atom. The molecule has 0 bridgehead atoms. The van der Waals surface area contributed by atoms with E-state index in [-0.39, 0.29) is 18.7 Å². The van der Waals surface area contributed by atoms with Crippen LogP contribution < -0.4 is 16.8 Å². The van der Waals surface area contributed by atoms with Crippen molar-refractivity contribution in [2.75, 3.05) is 5.43 Å². The number of fused-ring (bicyclic) bond motifs is 4. The van der Waals surface area contributed by atoms with Crippen LogP contribution >= 0.6 is 0 Å². The number of imide groups is 1. The van der Waals surface area contributed by atoms with Crippen molar-refractivity contribution in [1.29, 1.82) is 0 Å². The Morgan fingerprint density at radius 1 is 0.978 bits per heavy atom. The van der Waals surface area contributed by atoms with Gasteiger partial charge in [0.25, 0.3) is 11.8 Å². The van der Waals surface area contributed by atoms with Crippen LogP contribution in [-0.4, -0.2) is 35.9 Å². The van der Waals surface area contributed by atoms with Gasteiger partial charge in [-0.3, -0.25) is 15.0 Å². The largest absolute Gasteiger partial charge is 0.507 e. The second kappa shape index (κ2) is 10.4. The zero-order valence-corrected chi connectivity index (χ0v) is 25.0. The van der Waals surface area contributed by atoms with Crippen molar-refractivity contribution in [1.82, 2.24) is 18.9 Å². The second-order valence-electron chi connectivity index (χ2n) is 12.0. The van der Waals surface area contributed by atoms with Gasteiger partial charge in [-0.05, 0) is 48.6 Å². The number of phenolic OH excluding ortho intramolecular Hbond substituents is 1. The lowest BCUT2D eigenvalue weighted by Crippen LogP contribution is -2.53. The molecule has 10 nitrogen and oxygen atoms in total. The third kappa shape index (κ3) is 3.94. The lowest BCUT2D eigenvalue weighted by Gasteiger charge is -2.49. The summed E-state index contributed by atoms with van der Waals surface area (Å²) in [6.07, 6.45) is 4.06. The molecule has 3 aliphatic rings. The molecule has 3 aromatic carbocycles. The first-order chi connectivity index (χ1) is 21.7. The molecule has 228 valence electrons. The molecular weight excluding hydrogens is 570 g/mol. The van der Waals surface area contributed by atoms with Crippen LogP contribution in [0, 0.1) is 12.8 Å². The molecule has 2 fully saturated rings. The highest BCUT2D eigenvalue weighted by Crippen LogP contribution is 2.62. The van der Waals surface area contributed by atoms with Crippen LogP contribution in [0.3, 0.4) is 0 Å². The number of aryl methyl sites for hydroxylation is 1. The number of aromatic hydroxyl groups is 1. The molecule has 4 aromatic rings. The fourth-order valence-corrected chi connectivity index (χ4v) is 7.63. The number of benzene rings is 3. The maximum atomic E-state index is 15.1. The second-order valence-corrected chi connectivity index (χ2v) is 12.0. The van der Waals surface area contributed by atoms with Crippen molar-refractivity contribution in [3.8, 4) is 5.75 Å². The van der Waals surface area contributed by atoms with E-state index in [1.165, 1.54) is 16.4 Å². The molecule has 10 heteroatoms. The lowest BCUT2D eigenvalue weighted by molar-refractivity contribution is -0.138. The fourth-order valence-electron chi connectivity index (χ4n) is 7.63. The first-order valence-electron chi connectivity index (χ1n) is 15.0. The van der Waals surface area contributed by atoms with Crippen molar-refractivity contribution in [3.63, 3.8) is 0 Å². The Bertz CT molecular complexity index is 2020. The van der Waals surface area contributed by atoms with Crippen LogP contribution in [0.5, 0.6) is 5.75 Å². The number of carbonyl (C=O) groups is 2. The van der Waals surface area contributed by atoms with Crippen LogP contribution in [0.4, 0.5) is 5.69 Å². The number of nitrogens with zero attached hydrogens (tertiary/aromatic N) is 4. The Balaban J connectivity index is 1.52. The lowest BCUT2D eigenvalue weighted by atomic mass is 9.53. The van der Waals surface area contributed by atoms with Crippen LogP contribution in [0.15, 0.2) is 107 Å². The minimum atomic E-state index is -1.47. The van der Waals surface area contributed by atoms with E-state index in [1.807, 2.05) is 61.5 Å². The minimum absolute atomic E-state index is 0.00608.